The predicted molar refractivity (Wildman–Crippen MR) is 95.6 cm³/mol. The van der Waals surface area contributed by atoms with Crippen LogP contribution in [0.1, 0.15) is 31.2 Å². The number of rotatable bonds is 3. The van der Waals surface area contributed by atoms with Gasteiger partial charge in [0.25, 0.3) is 11.8 Å². The molecule has 0 spiro atoms. The van der Waals surface area contributed by atoms with Gasteiger partial charge in [0.15, 0.2) is 11.5 Å². The molecule has 0 atom stereocenters. The molecule has 9 heteroatoms. The van der Waals surface area contributed by atoms with Gasteiger partial charge in [-0.25, -0.2) is 9.78 Å². The van der Waals surface area contributed by atoms with Crippen LogP contribution in [0.5, 0.6) is 11.5 Å². The molecular formula is C19H17N3O6. The number of carboxylic acid groups (broad SMARTS) is 1. The Morgan fingerprint density at radius 3 is 2.11 bits per heavy atom. The summed E-state index contributed by atoms with van der Waals surface area (Å²) in [6.45, 7) is 1.64. The zero-order valence-electron chi connectivity index (χ0n) is 14.8. The Labute approximate surface area is 160 Å². The van der Waals surface area contributed by atoms with E-state index in [2.05, 4.69) is 4.98 Å². The lowest BCUT2D eigenvalue weighted by molar-refractivity contribution is 0.0535. The number of ether oxygens (including phenoxy) is 2. The second-order valence-corrected chi connectivity index (χ2v) is 6.39. The minimum Gasteiger partial charge on any atom is -0.477 e. The zero-order valence-corrected chi connectivity index (χ0v) is 14.8. The number of aromatic nitrogens is 1. The third kappa shape index (κ3) is 3.34. The van der Waals surface area contributed by atoms with Gasteiger partial charge in [-0.3, -0.25) is 9.59 Å². The Morgan fingerprint density at radius 2 is 1.46 bits per heavy atom. The van der Waals surface area contributed by atoms with E-state index in [-0.39, 0.29) is 29.9 Å². The molecular weight excluding hydrogens is 366 g/mol. The topological polar surface area (TPSA) is 109 Å². The minimum atomic E-state index is -1.19. The molecule has 1 aromatic heterocycles. The summed E-state index contributed by atoms with van der Waals surface area (Å²) in [5, 5.41) is 9.02. The highest BCUT2D eigenvalue weighted by Crippen LogP contribution is 2.32. The van der Waals surface area contributed by atoms with Crippen LogP contribution < -0.4 is 9.47 Å². The molecule has 2 amide bonds. The summed E-state index contributed by atoms with van der Waals surface area (Å²) in [6.07, 6.45) is 1.30. The van der Waals surface area contributed by atoms with Crippen LogP contribution in [0, 0.1) is 0 Å². The molecule has 1 fully saturated rings. The quantitative estimate of drug-likeness (QED) is 0.845. The van der Waals surface area contributed by atoms with Crippen molar-refractivity contribution in [3.05, 3.63) is 53.3 Å². The second kappa shape index (κ2) is 7.18. The molecule has 0 bridgehead atoms. The van der Waals surface area contributed by atoms with E-state index in [1.54, 1.807) is 28.0 Å². The number of hydrogen-bond donors (Lipinski definition) is 1. The van der Waals surface area contributed by atoms with E-state index < -0.39 is 5.97 Å². The molecule has 2 aliphatic rings. The maximum Gasteiger partial charge on any atom is 0.354 e. The third-order valence-corrected chi connectivity index (χ3v) is 4.70. The number of benzene rings is 1. The lowest BCUT2D eigenvalue weighted by Gasteiger charge is -2.34. The van der Waals surface area contributed by atoms with Gasteiger partial charge in [-0.1, -0.05) is 0 Å². The second-order valence-electron chi connectivity index (χ2n) is 6.39. The monoisotopic (exact) mass is 383 g/mol. The molecule has 1 aromatic carbocycles. The van der Waals surface area contributed by atoms with E-state index in [0.717, 1.165) is 0 Å². The molecule has 4 rings (SSSR count). The zero-order chi connectivity index (χ0) is 19.7. The number of amides is 2. The maximum atomic E-state index is 12.7. The normalized spacial score (nSPS) is 15.4. The average molecular weight is 383 g/mol. The van der Waals surface area contributed by atoms with E-state index in [4.69, 9.17) is 14.6 Å². The molecule has 0 radical (unpaired) electrons. The first-order valence-corrected chi connectivity index (χ1v) is 8.70. The number of aromatic carboxylic acids is 1. The lowest BCUT2D eigenvalue weighted by Crippen LogP contribution is -2.50. The van der Waals surface area contributed by atoms with Crippen molar-refractivity contribution < 1.29 is 29.0 Å². The maximum absolute atomic E-state index is 12.7. The summed E-state index contributed by atoms with van der Waals surface area (Å²) in [6, 6.07) is 7.80. The van der Waals surface area contributed by atoms with Crippen molar-refractivity contribution in [3.8, 4) is 11.5 Å². The van der Waals surface area contributed by atoms with Crippen LogP contribution in [0.25, 0.3) is 0 Å². The number of carboxylic acids is 1. The number of carbonyl (C=O) groups excluding carboxylic acids is 2. The predicted octanol–water partition coefficient (Wildman–Crippen LogP) is 1.11. The highest BCUT2D eigenvalue weighted by Gasteiger charge is 2.27. The van der Waals surface area contributed by atoms with Gasteiger partial charge in [0.05, 0.1) is 0 Å². The fourth-order valence-corrected chi connectivity index (χ4v) is 3.19. The van der Waals surface area contributed by atoms with Gasteiger partial charge < -0.3 is 24.4 Å². The first kappa shape index (κ1) is 17.8. The Balaban J connectivity index is 1.40. The van der Waals surface area contributed by atoms with Crippen molar-refractivity contribution in [2.45, 2.75) is 0 Å². The van der Waals surface area contributed by atoms with Gasteiger partial charge in [0.1, 0.15) is 5.69 Å². The molecule has 2 aromatic rings. The highest BCUT2D eigenvalue weighted by molar-refractivity contribution is 5.97. The molecule has 3 heterocycles. The SMILES string of the molecule is O=C(O)c1cc(C(=O)N2CCN(C(=O)c3ccc4c(c3)OCO4)CC2)ccn1. The number of hydrogen-bond acceptors (Lipinski definition) is 6. The molecule has 2 aliphatic heterocycles. The summed E-state index contributed by atoms with van der Waals surface area (Å²) in [4.78, 5) is 43.4. The van der Waals surface area contributed by atoms with Gasteiger partial charge in [-0.15, -0.1) is 0 Å². The van der Waals surface area contributed by atoms with E-state index in [9.17, 15) is 14.4 Å². The van der Waals surface area contributed by atoms with Gasteiger partial charge in [0, 0.05) is 43.5 Å². The fourth-order valence-electron chi connectivity index (χ4n) is 3.19. The number of piperazine rings is 1. The highest BCUT2D eigenvalue weighted by atomic mass is 16.7. The van der Waals surface area contributed by atoms with Crippen LogP contribution >= 0.6 is 0 Å². The fraction of sp³-hybridized carbons (Fsp3) is 0.263. The van der Waals surface area contributed by atoms with Crippen molar-refractivity contribution in [1.29, 1.82) is 0 Å². The van der Waals surface area contributed by atoms with Crippen LogP contribution in [0.2, 0.25) is 0 Å². The molecule has 0 saturated carbocycles. The number of nitrogens with zero attached hydrogens (tertiary/aromatic N) is 3. The molecule has 0 unspecified atom stereocenters. The van der Waals surface area contributed by atoms with Gasteiger partial charge >= 0.3 is 5.97 Å². The number of fused-ring (bicyclic) bond motifs is 1. The largest absolute Gasteiger partial charge is 0.477 e. The molecule has 9 nitrogen and oxygen atoms in total. The van der Waals surface area contributed by atoms with Crippen LogP contribution in [-0.2, 0) is 0 Å². The summed E-state index contributed by atoms with van der Waals surface area (Å²) < 4.78 is 10.6. The summed E-state index contributed by atoms with van der Waals surface area (Å²) in [5.41, 5.74) is 0.592. The van der Waals surface area contributed by atoms with E-state index in [1.807, 2.05) is 0 Å². The van der Waals surface area contributed by atoms with Crippen LogP contribution in [0.3, 0.4) is 0 Å². The Bertz CT molecular complexity index is 952. The third-order valence-electron chi connectivity index (χ3n) is 4.70. The Morgan fingerprint density at radius 1 is 0.857 bits per heavy atom. The molecule has 1 N–H and O–H groups in total. The summed E-state index contributed by atoms with van der Waals surface area (Å²) >= 11 is 0. The van der Waals surface area contributed by atoms with Crippen molar-refractivity contribution in [1.82, 2.24) is 14.8 Å². The van der Waals surface area contributed by atoms with E-state index in [0.29, 0.717) is 43.2 Å². The molecule has 0 aliphatic carbocycles. The van der Waals surface area contributed by atoms with Crippen LogP contribution in [-0.4, -0.2) is 70.6 Å². The average Bonchev–Trinajstić information content (AvgIpc) is 3.20. The lowest BCUT2D eigenvalue weighted by atomic mass is 10.1. The molecule has 28 heavy (non-hydrogen) atoms. The van der Waals surface area contributed by atoms with Crippen LogP contribution in [0.15, 0.2) is 36.5 Å². The van der Waals surface area contributed by atoms with Crippen molar-refractivity contribution in [2.75, 3.05) is 33.0 Å². The summed E-state index contributed by atoms with van der Waals surface area (Å²) in [7, 11) is 0. The Kier molecular flexibility index (Phi) is 4.56. The van der Waals surface area contributed by atoms with Crippen molar-refractivity contribution >= 4 is 17.8 Å². The number of pyridine rings is 1. The number of carbonyl (C=O) groups is 3. The van der Waals surface area contributed by atoms with E-state index in [1.165, 1.54) is 18.3 Å². The molecule has 144 valence electrons. The smallest absolute Gasteiger partial charge is 0.354 e. The Hall–Kier alpha value is -3.62. The van der Waals surface area contributed by atoms with Gasteiger partial charge in [0.2, 0.25) is 6.79 Å². The van der Waals surface area contributed by atoms with Crippen molar-refractivity contribution in [2.24, 2.45) is 0 Å². The van der Waals surface area contributed by atoms with Crippen LogP contribution in [0.4, 0.5) is 0 Å². The minimum absolute atomic E-state index is 0.137. The van der Waals surface area contributed by atoms with Gasteiger partial charge in [-0.05, 0) is 30.3 Å². The van der Waals surface area contributed by atoms with E-state index >= 15 is 0 Å². The standard InChI is InChI=1S/C19H17N3O6/c23-17(12-1-2-15-16(10-12)28-11-27-15)21-5-7-22(8-6-21)18(24)13-3-4-20-14(9-13)19(25)26/h1-4,9-10H,5-8,11H2,(H,25,26). The molecule has 1 saturated heterocycles. The van der Waals surface area contributed by atoms with Crippen molar-refractivity contribution in [3.63, 3.8) is 0 Å². The van der Waals surface area contributed by atoms with Gasteiger partial charge in [-0.2, -0.15) is 0 Å². The first-order chi connectivity index (χ1) is 13.5. The first-order valence-electron chi connectivity index (χ1n) is 8.70. The summed E-state index contributed by atoms with van der Waals surface area (Å²) in [5.74, 6) is -0.437.